The van der Waals surface area contributed by atoms with Gasteiger partial charge in [0.1, 0.15) is 0 Å². The van der Waals surface area contributed by atoms with Gasteiger partial charge in [0.25, 0.3) is 5.56 Å². The molecule has 1 atom stereocenters. The molecule has 0 saturated carbocycles. The van der Waals surface area contributed by atoms with E-state index in [2.05, 4.69) is 11.8 Å². The van der Waals surface area contributed by atoms with E-state index in [-0.39, 0.29) is 17.3 Å². The van der Waals surface area contributed by atoms with Gasteiger partial charge in [0.2, 0.25) is 0 Å². The highest BCUT2D eigenvalue weighted by Gasteiger charge is 2.10. The molecule has 0 radical (unpaired) electrons. The largest absolute Gasteiger partial charge is 0.387 e. The molecule has 1 rings (SSSR count). The van der Waals surface area contributed by atoms with E-state index in [4.69, 9.17) is 11.1 Å². The monoisotopic (exact) mass is 250 g/mol. The third kappa shape index (κ3) is 4.33. The fraction of sp³-hybridized carbons (Fsp3) is 0.538. The Kier molecular flexibility index (Phi) is 5.58. The predicted molar refractivity (Wildman–Crippen MR) is 73.9 cm³/mol. The molecule has 1 aromatic heterocycles. The van der Waals surface area contributed by atoms with Crippen molar-refractivity contribution in [3.05, 3.63) is 34.7 Å². The number of amidine groups is 1. The van der Waals surface area contributed by atoms with Gasteiger partial charge in [0, 0.05) is 37.8 Å². The second-order valence-corrected chi connectivity index (χ2v) is 4.48. The minimum absolute atomic E-state index is 0.0215. The predicted octanol–water partition coefficient (Wildman–Crippen LogP) is 0.742. The Morgan fingerprint density at radius 3 is 2.83 bits per heavy atom. The zero-order valence-corrected chi connectivity index (χ0v) is 11.1. The van der Waals surface area contributed by atoms with E-state index >= 15 is 0 Å². The molecule has 1 aromatic rings. The maximum absolute atomic E-state index is 11.5. The van der Waals surface area contributed by atoms with Crippen LogP contribution in [0.3, 0.4) is 0 Å². The van der Waals surface area contributed by atoms with Crippen LogP contribution in [0.5, 0.6) is 0 Å². The SMILES string of the molecule is CCN(CCn1ccccc1=O)CC(C)C(=N)N. The number of pyridine rings is 1. The quantitative estimate of drug-likeness (QED) is 0.553. The second-order valence-electron chi connectivity index (χ2n) is 4.48. The fourth-order valence-corrected chi connectivity index (χ4v) is 1.76. The summed E-state index contributed by atoms with van der Waals surface area (Å²) in [6.45, 7) is 7.11. The second kappa shape index (κ2) is 6.96. The third-order valence-corrected chi connectivity index (χ3v) is 3.07. The molecule has 5 heteroatoms. The van der Waals surface area contributed by atoms with Gasteiger partial charge in [-0.2, -0.15) is 0 Å². The van der Waals surface area contributed by atoms with E-state index < -0.39 is 0 Å². The highest BCUT2D eigenvalue weighted by atomic mass is 16.1. The van der Waals surface area contributed by atoms with Crippen molar-refractivity contribution < 1.29 is 0 Å². The van der Waals surface area contributed by atoms with Crippen LogP contribution in [0.25, 0.3) is 0 Å². The van der Waals surface area contributed by atoms with E-state index in [1.165, 1.54) is 0 Å². The van der Waals surface area contributed by atoms with Crippen molar-refractivity contribution in [2.75, 3.05) is 19.6 Å². The molecule has 0 bridgehead atoms. The lowest BCUT2D eigenvalue weighted by molar-refractivity contribution is 0.259. The standard InChI is InChI=1S/C13H22N4O/c1-3-16(10-11(2)13(14)15)8-9-17-7-5-4-6-12(17)18/h4-7,11H,3,8-10H2,1-2H3,(H3,14,15). The van der Waals surface area contributed by atoms with Crippen LogP contribution in [-0.2, 0) is 6.54 Å². The zero-order chi connectivity index (χ0) is 13.5. The minimum Gasteiger partial charge on any atom is -0.387 e. The van der Waals surface area contributed by atoms with Gasteiger partial charge in [-0.1, -0.05) is 19.9 Å². The molecule has 100 valence electrons. The maximum atomic E-state index is 11.5. The van der Waals surface area contributed by atoms with Crippen LogP contribution in [0.15, 0.2) is 29.2 Å². The average molecular weight is 250 g/mol. The molecule has 0 fully saturated rings. The van der Waals surface area contributed by atoms with Crippen molar-refractivity contribution in [3.63, 3.8) is 0 Å². The zero-order valence-electron chi connectivity index (χ0n) is 11.1. The average Bonchev–Trinajstić information content (AvgIpc) is 2.35. The van der Waals surface area contributed by atoms with Gasteiger partial charge in [0.15, 0.2) is 0 Å². The summed E-state index contributed by atoms with van der Waals surface area (Å²) < 4.78 is 1.70. The first kappa shape index (κ1) is 14.4. The highest BCUT2D eigenvalue weighted by Crippen LogP contribution is 1.99. The minimum atomic E-state index is 0.0215. The Morgan fingerprint density at radius 2 is 2.28 bits per heavy atom. The lowest BCUT2D eigenvalue weighted by Crippen LogP contribution is -2.37. The van der Waals surface area contributed by atoms with Crippen molar-refractivity contribution in [1.82, 2.24) is 9.47 Å². The van der Waals surface area contributed by atoms with Gasteiger partial charge < -0.3 is 15.2 Å². The molecule has 18 heavy (non-hydrogen) atoms. The van der Waals surface area contributed by atoms with Crippen LogP contribution in [-0.4, -0.2) is 34.9 Å². The molecule has 0 spiro atoms. The molecule has 1 unspecified atom stereocenters. The number of hydrogen-bond donors (Lipinski definition) is 2. The first-order chi connectivity index (χ1) is 8.54. The van der Waals surface area contributed by atoms with Crippen LogP contribution in [0.4, 0.5) is 0 Å². The summed E-state index contributed by atoms with van der Waals surface area (Å²) >= 11 is 0. The maximum Gasteiger partial charge on any atom is 0.250 e. The molecule has 0 aliphatic rings. The number of nitrogens with zero attached hydrogens (tertiary/aromatic N) is 2. The Morgan fingerprint density at radius 1 is 1.56 bits per heavy atom. The van der Waals surface area contributed by atoms with Gasteiger partial charge in [-0.25, -0.2) is 0 Å². The number of nitrogens with one attached hydrogen (secondary N) is 1. The highest BCUT2D eigenvalue weighted by molar-refractivity contribution is 5.79. The van der Waals surface area contributed by atoms with Crippen molar-refractivity contribution in [2.24, 2.45) is 11.7 Å². The van der Waals surface area contributed by atoms with Crippen molar-refractivity contribution in [3.8, 4) is 0 Å². The van der Waals surface area contributed by atoms with Gasteiger partial charge in [-0.3, -0.25) is 10.2 Å². The molecular weight excluding hydrogens is 228 g/mol. The Hall–Kier alpha value is -1.62. The van der Waals surface area contributed by atoms with E-state index in [0.29, 0.717) is 6.54 Å². The lowest BCUT2D eigenvalue weighted by Gasteiger charge is -2.23. The number of aromatic nitrogens is 1. The molecule has 0 aromatic carbocycles. The Bertz CT molecular complexity index is 441. The van der Waals surface area contributed by atoms with Crippen LogP contribution in [0, 0.1) is 11.3 Å². The Labute approximate surface area is 108 Å². The molecule has 0 aliphatic heterocycles. The van der Waals surface area contributed by atoms with Crippen LogP contribution in [0.2, 0.25) is 0 Å². The van der Waals surface area contributed by atoms with E-state index in [9.17, 15) is 4.79 Å². The van der Waals surface area contributed by atoms with E-state index in [1.54, 1.807) is 22.9 Å². The summed E-state index contributed by atoms with van der Waals surface area (Å²) in [6, 6.07) is 5.17. The normalized spacial score (nSPS) is 12.6. The lowest BCUT2D eigenvalue weighted by atomic mass is 10.1. The summed E-state index contributed by atoms with van der Waals surface area (Å²) in [5.74, 6) is 0.266. The number of nitrogens with two attached hydrogens (primary N) is 1. The summed E-state index contributed by atoms with van der Waals surface area (Å²) in [7, 11) is 0. The molecule has 3 N–H and O–H groups in total. The van der Waals surface area contributed by atoms with E-state index in [0.717, 1.165) is 19.6 Å². The molecule has 0 saturated heterocycles. The molecule has 0 aliphatic carbocycles. The van der Waals surface area contributed by atoms with E-state index in [1.807, 2.05) is 13.0 Å². The first-order valence-corrected chi connectivity index (χ1v) is 6.26. The van der Waals surface area contributed by atoms with Crippen LogP contribution in [0.1, 0.15) is 13.8 Å². The van der Waals surface area contributed by atoms with Crippen molar-refractivity contribution >= 4 is 5.84 Å². The smallest absolute Gasteiger partial charge is 0.250 e. The molecular formula is C13H22N4O. The summed E-state index contributed by atoms with van der Waals surface area (Å²) in [4.78, 5) is 13.7. The van der Waals surface area contributed by atoms with Gasteiger partial charge in [-0.05, 0) is 12.6 Å². The molecule has 5 nitrogen and oxygen atoms in total. The number of hydrogen-bond acceptors (Lipinski definition) is 3. The number of rotatable bonds is 7. The summed E-state index contributed by atoms with van der Waals surface area (Å²) in [5, 5.41) is 7.40. The topological polar surface area (TPSA) is 75.1 Å². The molecule has 1 heterocycles. The van der Waals surface area contributed by atoms with Gasteiger partial charge in [-0.15, -0.1) is 0 Å². The van der Waals surface area contributed by atoms with Gasteiger partial charge in [0.05, 0.1) is 5.84 Å². The van der Waals surface area contributed by atoms with Crippen LogP contribution < -0.4 is 11.3 Å². The third-order valence-electron chi connectivity index (χ3n) is 3.07. The molecule has 0 amide bonds. The van der Waals surface area contributed by atoms with Crippen LogP contribution >= 0.6 is 0 Å². The van der Waals surface area contributed by atoms with Crippen molar-refractivity contribution in [2.45, 2.75) is 20.4 Å². The van der Waals surface area contributed by atoms with Crippen molar-refractivity contribution in [1.29, 1.82) is 5.41 Å². The Balaban J connectivity index is 2.52. The fourth-order valence-electron chi connectivity index (χ4n) is 1.76. The number of likely N-dealkylation sites (N-methyl/N-ethyl adjacent to an activating group) is 1. The summed E-state index contributed by atoms with van der Waals surface area (Å²) in [6.07, 6.45) is 1.80. The summed E-state index contributed by atoms with van der Waals surface area (Å²) in [5.41, 5.74) is 5.49. The van der Waals surface area contributed by atoms with Gasteiger partial charge >= 0.3 is 0 Å². The first-order valence-electron chi connectivity index (χ1n) is 6.26.